The highest BCUT2D eigenvalue weighted by Gasteiger charge is 2.32. The summed E-state index contributed by atoms with van der Waals surface area (Å²) in [4.78, 5) is 11.8. The van der Waals surface area contributed by atoms with Crippen molar-refractivity contribution in [3.05, 3.63) is 29.8 Å². The Morgan fingerprint density at radius 3 is 2.42 bits per heavy atom. The van der Waals surface area contributed by atoms with Gasteiger partial charge in [-0.1, -0.05) is 19.1 Å². The lowest BCUT2D eigenvalue weighted by molar-refractivity contribution is -0.147. The smallest absolute Gasteiger partial charge is 0.326 e. The lowest BCUT2D eigenvalue weighted by atomic mass is 9.93. The second-order valence-corrected chi connectivity index (χ2v) is 4.74. The quantitative estimate of drug-likeness (QED) is 0.768. The summed E-state index contributed by atoms with van der Waals surface area (Å²) in [6.07, 6.45) is 1.56. The Kier molecular flexibility index (Phi) is 5.83. The summed E-state index contributed by atoms with van der Waals surface area (Å²) >= 11 is 0. The van der Waals surface area contributed by atoms with Crippen LogP contribution in [0.3, 0.4) is 0 Å². The Labute approximate surface area is 115 Å². The summed E-state index contributed by atoms with van der Waals surface area (Å²) in [5.74, 6) is 0.594. The first-order valence-electron chi connectivity index (χ1n) is 6.54. The molecule has 1 atom stereocenters. The van der Waals surface area contributed by atoms with Crippen LogP contribution in [0.5, 0.6) is 5.75 Å². The highest BCUT2D eigenvalue weighted by molar-refractivity contribution is 5.80. The van der Waals surface area contributed by atoms with Gasteiger partial charge in [-0.15, -0.1) is 0 Å². The van der Waals surface area contributed by atoms with E-state index in [9.17, 15) is 4.79 Å². The van der Waals surface area contributed by atoms with E-state index in [4.69, 9.17) is 9.47 Å². The van der Waals surface area contributed by atoms with Gasteiger partial charge in [0.1, 0.15) is 11.3 Å². The molecule has 0 aliphatic carbocycles. The fourth-order valence-corrected chi connectivity index (χ4v) is 1.82. The van der Waals surface area contributed by atoms with Crippen LogP contribution in [0.4, 0.5) is 0 Å². The minimum atomic E-state index is -0.708. The Morgan fingerprint density at radius 1 is 1.32 bits per heavy atom. The van der Waals surface area contributed by atoms with Gasteiger partial charge in [-0.3, -0.25) is 4.79 Å². The topological polar surface area (TPSA) is 47.6 Å². The number of carbonyl (C=O) groups is 1. The Bertz CT molecular complexity index is 402. The van der Waals surface area contributed by atoms with Gasteiger partial charge in [-0.2, -0.15) is 0 Å². The number of hydrogen-bond donors (Lipinski definition) is 1. The van der Waals surface area contributed by atoms with Crippen LogP contribution in [0.2, 0.25) is 0 Å². The van der Waals surface area contributed by atoms with E-state index in [1.54, 1.807) is 7.05 Å². The maximum absolute atomic E-state index is 11.8. The molecule has 0 saturated carbocycles. The molecule has 0 aliphatic heterocycles. The van der Waals surface area contributed by atoms with Gasteiger partial charge in [0.2, 0.25) is 0 Å². The second-order valence-electron chi connectivity index (χ2n) is 4.74. The number of rotatable bonds is 7. The molecule has 0 bridgehead atoms. The molecule has 0 saturated heterocycles. The molecule has 1 aromatic rings. The van der Waals surface area contributed by atoms with E-state index >= 15 is 0 Å². The zero-order valence-electron chi connectivity index (χ0n) is 12.2. The molecule has 0 aliphatic rings. The average Bonchev–Trinajstić information content (AvgIpc) is 2.45. The number of methoxy groups -OCH3 is 1. The van der Waals surface area contributed by atoms with E-state index < -0.39 is 5.54 Å². The fraction of sp³-hybridized carbons (Fsp3) is 0.533. The van der Waals surface area contributed by atoms with Crippen molar-refractivity contribution in [3.63, 3.8) is 0 Å². The molecule has 1 N–H and O–H groups in total. The number of hydrogen-bond acceptors (Lipinski definition) is 4. The SMILES string of the molecule is CCCOc1ccc(CC(C)(NC)C(=O)OC)cc1. The van der Waals surface area contributed by atoms with Crippen molar-refractivity contribution in [1.29, 1.82) is 0 Å². The fourth-order valence-electron chi connectivity index (χ4n) is 1.82. The molecule has 0 radical (unpaired) electrons. The van der Waals surface area contributed by atoms with Gasteiger partial charge >= 0.3 is 5.97 Å². The summed E-state index contributed by atoms with van der Waals surface area (Å²) in [6, 6.07) is 7.81. The molecule has 4 nitrogen and oxygen atoms in total. The van der Waals surface area contributed by atoms with Gasteiger partial charge in [0.15, 0.2) is 0 Å². The molecule has 0 spiro atoms. The van der Waals surface area contributed by atoms with Crippen molar-refractivity contribution in [1.82, 2.24) is 5.32 Å². The van der Waals surface area contributed by atoms with Crippen LogP contribution in [0, 0.1) is 0 Å². The lowest BCUT2D eigenvalue weighted by Gasteiger charge is -2.26. The molecule has 106 valence electrons. The van der Waals surface area contributed by atoms with Crippen molar-refractivity contribution < 1.29 is 14.3 Å². The largest absolute Gasteiger partial charge is 0.494 e. The summed E-state index contributed by atoms with van der Waals surface area (Å²) in [5.41, 5.74) is 0.353. The zero-order chi connectivity index (χ0) is 14.3. The van der Waals surface area contributed by atoms with E-state index in [-0.39, 0.29) is 5.97 Å². The number of nitrogens with one attached hydrogen (secondary N) is 1. The van der Waals surface area contributed by atoms with Gasteiger partial charge in [-0.25, -0.2) is 0 Å². The van der Waals surface area contributed by atoms with E-state index in [0.717, 1.165) is 24.3 Å². The molecule has 0 aromatic heterocycles. The number of benzene rings is 1. The van der Waals surface area contributed by atoms with Crippen LogP contribution in [-0.2, 0) is 16.0 Å². The maximum atomic E-state index is 11.8. The van der Waals surface area contributed by atoms with Crippen LogP contribution < -0.4 is 10.1 Å². The minimum absolute atomic E-state index is 0.263. The number of carbonyl (C=O) groups excluding carboxylic acids is 1. The molecule has 0 fully saturated rings. The Hall–Kier alpha value is -1.55. The third-order valence-corrected chi connectivity index (χ3v) is 3.14. The third-order valence-electron chi connectivity index (χ3n) is 3.14. The molecular weight excluding hydrogens is 242 g/mol. The number of likely N-dealkylation sites (N-methyl/N-ethyl adjacent to an activating group) is 1. The van der Waals surface area contributed by atoms with Crippen LogP contribution in [0.15, 0.2) is 24.3 Å². The molecule has 0 amide bonds. The van der Waals surface area contributed by atoms with Crippen molar-refractivity contribution in [2.75, 3.05) is 20.8 Å². The van der Waals surface area contributed by atoms with Crippen molar-refractivity contribution in [2.45, 2.75) is 32.2 Å². The van der Waals surface area contributed by atoms with Crippen molar-refractivity contribution in [3.8, 4) is 5.75 Å². The summed E-state index contributed by atoms with van der Waals surface area (Å²) in [5, 5.41) is 3.02. The number of esters is 1. The van der Waals surface area contributed by atoms with Gasteiger partial charge < -0.3 is 14.8 Å². The second kappa shape index (κ2) is 7.14. The molecule has 0 heterocycles. The van der Waals surface area contributed by atoms with Gasteiger partial charge in [0.05, 0.1) is 13.7 Å². The van der Waals surface area contributed by atoms with Gasteiger partial charge in [0, 0.05) is 6.42 Å². The van der Waals surface area contributed by atoms with Gasteiger partial charge in [0.25, 0.3) is 0 Å². The summed E-state index contributed by atoms with van der Waals surface area (Å²) in [6.45, 7) is 4.62. The first-order valence-corrected chi connectivity index (χ1v) is 6.54. The molecule has 19 heavy (non-hydrogen) atoms. The van der Waals surface area contributed by atoms with Crippen LogP contribution in [0.25, 0.3) is 0 Å². The monoisotopic (exact) mass is 265 g/mol. The van der Waals surface area contributed by atoms with Crippen LogP contribution in [0.1, 0.15) is 25.8 Å². The van der Waals surface area contributed by atoms with Crippen LogP contribution in [-0.4, -0.2) is 32.3 Å². The Morgan fingerprint density at radius 2 is 1.95 bits per heavy atom. The molecule has 1 rings (SSSR count). The molecule has 1 unspecified atom stereocenters. The van der Waals surface area contributed by atoms with Gasteiger partial charge in [-0.05, 0) is 38.1 Å². The third kappa shape index (κ3) is 4.24. The highest BCUT2D eigenvalue weighted by Crippen LogP contribution is 2.18. The average molecular weight is 265 g/mol. The van der Waals surface area contributed by atoms with E-state index in [1.165, 1.54) is 7.11 Å². The van der Waals surface area contributed by atoms with E-state index in [0.29, 0.717) is 6.42 Å². The van der Waals surface area contributed by atoms with Crippen molar-refractivity contribution in [2.24, 2.45) is 0 Å². The maximum Gasteiger partial charge on any atom is 0.326 e. The minimum Gasteiger partial charge on any atom is -0.494 e. The zero-order valence-corrected chi connectivity index (χ0v) is 12.2. The predicted molar refractivity (Wildman–Crippen MR) is 75.4 cm³/mol. The Balaban J connectivity index is 2.73. The number of ether oxygens (including phenoxy) is 2. The molecular formula is C15H23NO3. The summed E-state index contributed by atoms with van der Waals surface area (Å²) < 4.78 is 10.4. The standard InChI is InChI=1S/C15H23NO3/c1-5-10-19-13-8-6-12(7-9-13)11-15(2,16-3)14(17)18-4/h6-9,16H,5,10-11H2,1-4H3. The summed E-state index contributed by atoms with van der Waals surface area (Å²) in [7, 11) is 3.16. The highest BCUT2D eigenvalue weighted by atomic mass is 16.5. The predicted octanol–water partition coefficient (Wildman–Crippen LogP) is 2.17. The van der Waals surface area contributed by atoms with E-state index in [2.05, 4.69) is 12.2 Å². The lowest BCUT2D eigenvalue weighted by Crippen LogP contribution is -2.50. The van der Waals surface area contributed by atoms with E-state index in [1.807, 2.05) is 31.2 Å². The first-order chi connectivity index (χ1) is 9.05. The first kappa shape index (κ1) is 15.5. The van der Waals surface area contributed by atoms with Crippen LogP contribution >= 0.6 is 0 Å². The molecule has 1 aromatic carbocycles. The molecule has 4 heteroatoms. The van der Waals surface area contributed by atoms with Crippen molar-refractivity contribution >= 4 is 5.97 Å². The normalized spacial score (nSPS) is 13.7.